The van der Waals surface area contributed by atoms with E-state index in [4.69, 9.17) is 5.73 Å². The molecule has 3 aromatic rings. The maximum Gasteiger partial charge on any atom is 0.354 e. The van der Waals surface area contributed by atoms with Gasteiger partial charge in [-0.3, -0.25) is 14.6 Å². The van der Waals surface area contributed by atoms with Crippen LogP contribution in [-0.2, 0) is 25.7 Å². The number of carbonyl (C=O) groups excluding carboxylic acids is 4. The van der Waals surface area contributed by atoms with Gasteiger partial charge in [0.05, 0.1) is 31.3 Å². The van der Waals surface area contributed by atoms with Gasteiger partial charge in [-0.2, -0.15) is 4.98 Å². The van der Waals surface area contributed by atoms with Gasteiger partial charge in [-0.05, 0) is 24.3 Å². The van der Waals surface area contributed by atoms with Crippen molar-refractivity contribution in [1.29, 1.82) is 0 Å². The molecule has 1 aromatic carbocycles. The number of fused-ring (bicyclic) bond motifs is 1. The van der Waals surface area contributed by atoms with Crippen molar-refractivity contribution in [3.8, 4) is 0 Å². The van der Waals surface area contributed by atoms with Gasteiger partial charge in [0.25, 0.3) is 11.5 Å². The number of imide groups is 1. The Labute approximate surface area is 223 Å². The summed E-state index contributed by atoms with van der Waals surface area (Å²) in [4.78, 5) is 86.7. The van der Waals surface area contributed by atoms with Crippen LogP contribution in [0.15, 0.2) is 35.3 Å². The van der Waals surface area contributed by atoms with Crippen LogP contribution in [0.25, 0.3) is 11.2 Å². The predicted octanol–water partition coefficient (Wildman–Crippen LogP) is -2.35. The number of H-pyrrole nitrogens is 1. The van der Waals surface area contributed by atoms with Crippen LogP contribution >= 0.6 is 0 Å². The first-order valence-corrected chi connectivity index (χ1v) is 11.7. The number of aromatic nitrogens is 4. The third-order valence-corrected chi connectivity index (χ3v) is 6.21. The van der Waals surface area contributed by atoms with Gasteiger partial charge in [-0.15, -0.1) is 0 Å². The van der Waals surface area contributed by atoms with E-state index in [1.807, 2.05) is 0 Å². The van der Waals surface area contributed by atoms with Gasteiger partial charge >= 0.3 is 17.8 Å². The minimum absolute atomic E-state index is 0.00186. The number of carbonyl (C=O) groups is 5. The Morgan fingerprint density at radius 2 is 1.75 bits per heavy atom. The summed E-state index contributed by atoms with van der Waals surface area (Å²) < 4.78 is -2.12. The molecule has 2 aromatic heterocycles. The Balaban J connectivity index is 1.42. The second kappa shape index (κ2) is 10.8. The second-order valence-corrected chi connectivity index (χ2v) is 8.82. The number of likely N-dealkylation sites (tertiary alicyclic amines) is 1. The van der Waals surface area contributed by atoms with Gasteiger partial charge in [-0.1, -0.05) is 4.65 Å². The maximum absolute atomic E-state index is 12.7. The molecule has 2 unspecified atom stereocenters. The lowest BCUT2D eigenvalue weighted by Crippen LogP contribution is -2.64. The van der Waals surface area contributed by atoms with Crippen molar-refractivity contribution in [1.82, 2.24) is 25.3 Å². The molecule has 1 saturated heterocycles. The number of carboxylic acids is 2. The minimum Gasteiger partial charge on any atom is -0.544 e. The summed E-state index contributed by atoms with van der Waals surface area (Å²) >= 11 is 0. The normalized spacial score (nSPS) is 15.9. The van der Waals surface area contributed by atoms with E-state index in [9.17, 15) is 44.2 Å². The van der Waals surface area contributed by atoms with Crippen molar-refractivity contribution in [3.63, 3.8) is 0 Å². The predicted molar refractivity (Wildman–Crippen MR) is 130 cm³/mol. The number of hydrogen-bond acceptors (Lipinski definition) is 13. The number of nitrogens with two attached hydrogens (primary N) is 1. The maximum atomic E-state index is 12.7. The molecule has 40 heavy (non-hydrogen) atoms. The molecular formula is C23H22N8O9. The van der Waals surface area contributed by atoms with Crippen molar-refractivity contribution in [2.45, 2.75) is 37.9 Å². The van der Waals surface area contributed by atoms with Crippen molar-refractivity contribution in [3.05, 3.63) is 52.1 Å². The molecule has 17 nitrogen and oxygen atoms in total. The highest BCUT2D eigenvalue weighted by Crippen LogP contribution is 2.26. The number of aromatic amines is 1. The zero-order valence-corrected chi connectivity index (χ0v) is 20.5. The number of hydroxylamine groups is 3. The number of nitrogens with zero attached hydrogens (tertiary/aromatic N) is 4. The summed E-state index contributed by atoms with van der Waals surface area (Å²) in [7, 11) is 0. The molecule has 0 bridgehead atoms. The van der Waals surface area contributed by atoms with E-state index in [0.29, 0.717) is 11.4 Å². The van der Waals surface area contributed by atoms with Crippen molar-refractivity contribution in [2.24, 2.45) is 0 Å². The minimum atomic E-state index is -2.24. The number of hydrogen-bond donors (Lipinski definition) is 6. The Hall–Kier alpha value is -5.29. The molecule has 3 heterocycles. The van der Waals surface area contributed by atoms with Crippen LogP contribution in [0.5, 0.6) is 0 Å². The number of quaternary nitrogens is 1. The van der Waals surface area contributed by atoms with Crippen molar-refractivity contribution >= 4 is 52.5 Å². The highest BCUT2D eigenvalue weighted by atomic mass is 16.6. The van der Waals surface area contributed by atoms with Gasteiger partial charge in [0.15, 0.2) is 17.2 Å². The number of nitrogens with one attached hydrogen (secondary N) is 3. The van der Waals surface area contributed by atoms with Crippen molar-refractivity contribution < 1.29 is 44.0 Å². The third kappa shape index (κ3) is 5.45. The van der Waals surface area contributed by atoms with E-state index in [2.05, 4.69) is 30.6 Å². The lowest BCUT2D eigenvalue weighted by Gasteiger charge is -2.31. The summed E-state index contributed by atoms with van der Waals surface area (Å²) in [6, 6.07) is 1.57. The summed E-state index contributed by atoms with van der Waals surface area (Å²) in [5.41, 5.74) is 5.94. The molecule has 1 fully saturated rings. The van der Waals surface area contributed by atoms with Crippen molar-refractivity contribution in [2.75, 3.05) is 11.1 Å². The van der Waals surface area contributed by atoms with Crippen LogP contribution in [0.3, 0.4) is 0 Å². The van der Waals surface area contributed by atoms with Crippen LogP contribution in [0, 0.1) is 0 Å². The van der Waals surface area contributed by atoms with E-state index in [1.54, 1.807) is 0 Å². The lowest BCUT2D eigenvalue weighted by atomic mass is 10.0. The van der Waals surface area contributed by atoms with Crippen LogP contribution in [-0.4, -0.2) is 76.6 Å². The fourth-order valence-electron chi connectivity index (χ4n) is 4.12. The second-order valence-electron chi connectivity index (χ2n) is 8.82. The van der Waals surface area contributed by atoms with Crippen LogP contribution < -0.4 is 27.0 Å². The summed E-state index contributed by atoms with van der Waals surface area (Å²) in [6.45, 7) is 0.141. The number of amides is 3. The SMILES string of the molecule is Nc1nc2ncc(CNc3ccc(C(=O)NC(CC(C(=O)[O-])[N+]4(O)C(=O)CCC4=O)C(=O)O)cc3)nc2c(=O)[nH]1. The standard InChI is InChI=1S/C23H22N8O9/c24-23-29-18-17(20(35)30-23)27-12(9-26-18)8-25-11-3-1-10(2-4-11)19(34)28-13(21(36)37)7-14(22(38)39)31(40)15(32)5-6-16(31)33/h1-4,9,13-14,40H,5-8H2,(H6-,24,25,26,28,29,30,34,35,36,37,38,39). The Kier molecular flexibility index (Phi) is 7.51. The van der Waals surface area contributed by atoms with Gasteiger partial charge in [0.2, 0.25) is 5.95 Å². The largest absolute Gasteiger partial charge is 0.544 e. The van der Waals surface area contributed by atoms with Crippen LogP contribution in [0.4, 0.5) is 11.6 Å². The molecule has 0 saturated carbocycles. The zero-order chi connectivity index (χ0) is 29.2. The number of carboxylic acid groups (broad SMARTS) is 2. The quantitative estimate of drug-likeness (QED) is 0.0870. The van der Waals surface area contributed by atoms with E-state index in [-0.39, 0.29) is 29.2 Å². The molecule has 4 rings (SSSR count). The molecule has 1 aliphatic heterocycles. The average Bonchev–Trinajstić information content (AvgIpc) is 3.17. The molecule has 3 amide bonds. The van der Waals surface area contributed by atoms with Gasteiger partial charge in [0.1, 0.15) is 12.0 Å². The molecule has 7 N–H and O–H groups in total. The molecule has 0 aliphatic carbocycles. The molecule has 0 radical (unpaired) electrons. The first-order chi connectivity index (χ1) is 18.9. The van der Waals surface area contributed by atoms with Gasteiger partial charge in [0, 0.05) is 17.7 Å². The van der Waals surface area contributed by atoms with Crippen LogP contribution in [0.2, 0.25) is 0 Å². The molecule has 208 valence electrons. The Morgan fingerprint density at radius 3 is 2.35 bits per heavy atom. The molecule has 2 atom stereocenters. The Bertz CT molecular complexity index is 1570. The highest BCUT2D eigenvalue weighted by molar-refractivity contribution is 5.97. The van der Waals surface area contributed by atoms with Crippen LogP contribution in [0.1, 0.15) is 35.3 Å². The fourth-order valence-corrected chi connectivity index (χ4v) is 4.12. The zero-order valence-electron chi connectivity index (χ0n) is 20.5. The van der Waals surface area contributed by atoms with E-state index < -0.39 is 71.2 Å². The van der Waals surface area contributed by atoms with Gasteiger partial charge < -0.3 is 31.4 Å². The monoisotopic (exact) mass is 554 g/mol. The van der Waals surface area contributed by atoms with E-state index in [0.717, 1.165) is 0 Å². The number of rotatable bonds is 10. The molecule has 1 aliphatic rings. The molecule has 17 heteroatoms. The third-order valence-electron chi connectivity index (χ3n) is 6.21. The highest BCUT2D eigenvalue weighted by Gasteiger charge is 2.57. The van der Waals surface area contributed by atoms with E-state index in [1.165, 1.54) is 30.5 Å². The smallest absolute Gasteiger partial charge is 0.354 e. The summed E-state index contributed by atoms with van der Waals surface area (Å²) in [6.07, 6.45) is -0.422. The fraction of sp³-hybridized carbons (Fsp3) is 0.261. The van der Waals surface area contributed by atoms with E-state index >= 15 is 0 Å². The lowest BCUT2D eigenvalue weighted by molar-refractivity contribution is -0.986. The first-order valence-electron chi connectivity index (χ1n) is 11.7. The summed E-state index contributed by atoms with van der Waals surface area (Å²) in [5, 5.41) is 36.8. The first kappa shape index (κ1) is 27.7. The summed E-state index contributed by atoms with van der Waals surface area (Å²) in [5.74, 6) is -6.89. The number of nitrogen functional groups attached to an aromatic ring is 1. The number of benzene rings is 1. The molecule has 0 spiro atoms. The number of aliphatic carboxylic acids is 2. The Morgan fingerprint density at radius 1 is 1.10 bits per heavy atom. The topological polar surface area (TPSA) is 270 Å². The number of anilines is 2. The average molecular weight is 554 g/mol. The van der Waals surface area contributed by atoms with Gasteiger partial charge in [-0.25, -0.2) is 29.6 Å². The molecular weight excluding hydrogens is 532 g/mol.